The van der Waals surface area contributed by atoms with Crippen LogP contribution >= 0.6 is 11.3 Å². The smallest absolute Gasteiger partial charge is 0.265 e. The van der Waals surface area contributed by atoms with Gasteiger partial charge >= 0.3 is 0 Å². The number of nitrogens with one attached hydrogen (secondary N) is 2. The molecule has 0 aliphatic carbocycles. The number of nitrogens with two attached hydrogens (primary N) is 1. The summed E-state index contributed by atoms with van der Waals surface area (Å²) in [6.45, 7) is 9.03. The average molecular weight is 313 g/mol. The van der Waals surface area contributed by atoms with Crippen molar-refractivity contribution in [3.05, 3.63) is 4.88 Å². The second kappa shape index (κ2) is 7.09. The fourth-order valence-electron chi connectivity index (χ4n) is 1.68. The van der Waals surface area contributed by atoms with E-state index in [-0.39, 0.29) is 23.3 Å². The van der Waals surface area contributed by atoms with Crippen molar-refractivity contribution in [3.63, 3.8) is 0 Å². The predicted molar refractivity (Wildman–Crippen MR) is 90.0 cm³/mol. The van der Waals surface area contributed by atoms with Crippen molar-refractivity contribution in [2.75, 3.05) is 31.7 Å². The van der Waals surface area contributed by atoms with Crippen LogP contribution < -0.4 is 16.4 Å². The fourth-order valence-corrected chi connectivity index (χ4v) is 2.68. The minimum Gasteiger partial charge on any atom is -0.382 e. The molecule has 0 saturated carbocycles. The zero-order valence-electron chi connectivity index (χ0n) is 13.8. The van der Waals surface area contributed by atoms with E-state index in [0.717, 1.165) is 13.0 Å². The molecule has 4 N–H and O–H groups in total. The van der Waals surface area contributed by atoms with E-state index < -0.39 is 0 Å². The average Bonchev–Trinajstić information content (AvgIpc) is 2.65. The summed E-state index contributed by atoms with van der Waals surface area (Å²) >= 11 is 1.29. The van der Waals surface area contributed by atoms with Gasteiger partial charge in [-0.1, -0.05) is 11.3 Å². The molecule has 1 unspecified atom stereocenters. The van der Waals surface area contributed by atoms with E-state index >= 15 is 0 Å². The van der Waals surface area contributed by atoms with Crippen molar-refractivity contribution in [1.82, 2.24) is 15.2 Å². The van der Waals surface area contributed by atoms with Crippen molar-refractivity contribution in [3.8, 4) is 0 Å². The summed E-state index contributed by atoms with van der Waals surface area (Å²) in [6, 6.07) is 0.0976. The van der Waals surface area contributed by atoms with Crippen LogP contribution in [-0.2, 0) is 0 Å². The van der Waals surface area contributed by atoms with Crippen LogP contribution in [0.15, 0.2) is 0 Å². The molecule has 0 aromatic carbocycles. The number of hydrogen-bond donors (Lipinski definition) is 3. The Bertz CT molecular complexity index is 478. The molecule has 0 fully saturated rings. The van der Waals surface area contributed by atoms with Crippen molar-refractivity contribution in [2.24, 2.45) is 0 Å². The van der Waals surface area contributed by atoms with E-state index in [9.17, 15) is 4.79 Å². The second-order valence-electron chi connectivity index (χ2n) is 6.57. The molecule has 1 aromatic heterocycles. The number of thiazole rings is 1. The molecule has 1 atom stereocenters. The van der Waals surface area contributed by atoms with Crippen LogP contribution in [0.4, 0.5) is 10.9 Å². The van der Waals surface area contributed by atoms with Gasteiger partial charge in [0.25, 0.3) is 5.91 Å². The number of aromatic nitrogens is 1. The van der Waals surface area contributed by atoms with Crippen LogP contribution in [0.2, 0.25) is 0 Å². The number of nitrogens with zero attached hydrogens (tertiary/aromatic N) is 2. The third-order valence-electron chi connectivity index (χ3n) is 2.73. The number of nitrogen functional groups attached to an aromatic ring is 1. The maximum absolute atomic E-state index is 12.2. The lowest BCUT2D eigenvalue weighted by Crippen LogP contribution is -2.34. The maximum Gasteiger partial charge on any atom is 0.265 e. The van der Waals surface area contributed by atoms with Gasteiger partial charge in [0.2, 0.25) is 0 Å². The minimum atomic E-state index is -0.154. The molecule has 0 aliphatic rings. The molecule has 120 valence electrons. The number of carbonyl (C=O) groups is 1. The van der Waals surface area contributed by atoms with Crippen LogP contribution in [0.3, 0.4) is 0 Å². The maximum atomic E-state index is 12.2. The van der Waals surface area contributed by atoms with Crippen molar-refractivity contribution in [1.29, 1.82) is 0 Å². The second-order valence-corrected chi connectivity index (χ2v) is 7.57. The minimum absolute atomic E-state index is 0.0976. The summed E-state index contributed by atoms with van der Waals surface area (Å²) in [5, 5.41) is 6.87. The van der Waals surface area contributed by atoms with E-state index in [2.05, 4.69) is 20.5 Å². The molecule has 1 amide bonds. The molecule has 1 rings (SSSR count). The zero-order chi connectivity index (χ0) is 16.2. The Kier molecular flexibility index (Phi) is 5.98. The Labute approximate surface area is 131 Å². The molecule has 0 radical (unpaired) electrons. The third kappa shape index (κ3) is 6.31. The Morgan fingerprint density at radius 2 is 2.05 bits per heavy atom. The van der Waals surface area contributed by atoms with E-state index in [1.165, 1.54) is 11.3 Å². The fraction of sp³-hybridized carbons (Fsp3) is 0.714. The van der Waals surface area contributed by atoms with Gasteiger partial charge in [-0.15, -0.1) is 0 Å². The number of rotatable bonds is 6. The lowest BCUT2D eigenvalue weighted by molar-refractivity contribution is 0.0941. The van der Waals surface area contributed by atoms with E-state index in [0.29, 0.717) is 10.0 Å². The van der Waals surface area contributed by atoms with Gasteiger partial charge in [-0.2, -0.15) is 0 Å². The molecule has 0 saturated heterocycles. The Balaban J connectivity index is 2.66. The number of anilines is 2. The van der Waals surface area contributed by atoms with Gasteiger partial charge in [0, 0.05) is 11.6 Å². The summed E-state index contributed by atoms with van der Waals surface area (Å²) in [5.41, 5.74) is 5.74. The monoisotopic (exact) mass is 313 g/mol. The molecule has 7 heteroatoms. The largest absolute Gasteiger partial charge is 0.382 e. The Morgan fingerprint density at radius 3 is 2.57 bits per heavy atom. The highest BCUT2D eigenvalue weighted by atomic mass is 32.1. The first kappa shape index (κ1) is 17.7. The lowest BCUT2D eigenvalue weighted by atomic mass is 10.1. The highest BCUT2D eigenvalue weighted by Gasteiger charge is 2.20. The molecule has 0 aliphatic heterocycles. The Hall–Kier alpha value is -1.34. The summed E-state index contributed by atoms with van der Waals surface area (Å²) in [7, 11) is 4.03. The molecule has 1 aromatic rings. The SMILES string of the molecule is CC(CCN(C)C)NC(=O)c1sc(NC(C)(C)C)nc1N. The first-order valence-electron chi connectivity index (χ1n) is 7.08. The number of amides is 1. The third-order valence-corrected chi connectivity index (χ3v) is 3.71. The van der Waals surface area contributed by atoms with E-state index in [4.69, 9.17) is 5.73 Å². The van der Waals surface area contributed by atoms with Gasteiger partial charge in [-0.3, -0.25) is 4.79 Å². The van der Waals surface area contributed by atoms with Gasteiger partial charge in [0.1, 0.15) is 10.7 Å². The van der Waals surface area contributed by atoms with Crippen molar-refractivity contribution < 1.29 is 4.79 Å². The molecule has 0 bridgehead atoms. The van der Waals surface area contributed by atoms with Gasteiger partial charge in [0.05, 0.1) is 0 Å². The van der Waals surface area contributed by atoms with Gasteiger partial charge in [0.15, 0.2) is 5.13 Å². The predicted octanol–water partition coefficient (Wildman–Crippen LogP) is 2.01. The van der Waals surface area contributed by atoms with Crippen LogP contribution in [0, 0.1) is 0 Å². The quantitative estimate of drug-likeness (QED) is 0.748. The van der Waals surface area contributed by atoms with Gasteiger partial charge < -0.3 is 21.3 Å². The molecular formula is C14H27N5OS. The van der Waals surface area contributed by atoms with Crippen LogP contribution in [-0.4, -0.2) is 48.0 Å². The Morgan fingerprint density at radius 1 is 1.43 bits per heavy atom. The van der Waals surface area contributed by atoms with Gasteiger partial charge in [-0.25, -0.2) is 4.98 Å². The first-order chi connectivity index (χ1) is 9.58. The van der Waals surface area contributed by atoms with Crippen LogP contribution in [0.1, 0.15) is 43.8 Å². The lowest BCUT2D eigenvalue weighted by Gasteiger charge is -2.19. The highest BCUT2D eigenvalue weighted by Crippen LogP contribution is 2.27. The van der Waals surface area contributed by atoms with Gasteiger partial charge in [-0.05, 0) is 54.8 Å². The van der Waals surface area contributed by atoms with E-state index in [1.54, 1.807) is 0 Å². The summed E-state index contributed by atoms with van der Waals surface area (Å²) in [4.78, 5) is 19.0. The summed E-state index contributed by atoms with van der Waals surface area (Å²) < 4.78 is 0. The molecule has 21 heavy (non-hydrogen) atoms. The highest BCUT2D eigenvalue weighted by molar-refractivity contribution is 7.18. The zero-order valence-corrected chi connectivity index (χ0v) is 14.6. The van der Waals surface area contributed by atoms with Crippen LogP contribution in [0.25, 0.3) is 0 Å². The summed E-state index contributed by atoms with van der Waals surface area (Å²) in [5.74, 6) is 0.127. The topological polar surface area (TPSA) is 83.3 Å². The number of carbonyl (C=O) groups excluding carboxylic acids is 1. The standard InChI is InChI=1S/C14H27N5OS/c1-9(7-8-19(5)6)16-12(20)10-11(15)17-13(21-10)18-14(2,3)4/h9H,7-8,15H2,1-6H3,(H,16,20)(H,17,18). The van der Waals surface area contributed by atoms with Crippen molar-refractivity contribution >= 4 is 28.2 Å². The normalized spacial score (nSPS) is 13.3. The molecular weight excluding hydrogens is 286 g/mol. The molecule has 6 nitrogen and oxygen atoms in total. The van der Waals surface area contributed by atoms with Crippen molar-refractivity contribution in [2.45, 2.75) is 45.7 Å². The van der Waals surface area contributed by atoms with Crippen LogP contribution in [0.5, 0.6) is 0 Å². The summed E-state index contributed by atoms with van der Waals surface area (Å²) in [6.07, 6.45) is 0.893. The number of hydrogen-bond acceptors (Lipinski definition) is 6. The van der Waals surface area contributed by atoms with E-state index in [1.807, 2.05) is 41.8 Å². The first-order valence-corrected chi connectivity index (χ1v) is 7.90. The molecule has 0 spiro atoms. The molecule has 1 heterocycles.